The quantitative estimate of drug-likeness (QED) is 0.844. The van der Waals surface area contributed by atoms with E-state index < -0.39 is 0 Å². The molecule has 21 heavy (non-hydrogen) atoms. The van der Waals surface area contributed by atoms with Crippen LogP contribution in [0.2, 0.25) is 5.22 Å². The molecule has 0 spiro atoms. The van der Waals surface area contributed by atoms with Crippen molar-refractivity contribution < 1.29 is 9.32 Å². The first-order chi connectivity index (χ1) is 10.0. The first kappa shape index (κ1) is 16.3. The minimum Gasteiger partial charge on any atom is -0.344 e. The molecular weight excluding hydrogens is 288 g/mol. The van der Waals surface area contributed by atoms with Crippen LogP contribution in [0.5, 0.6) is 0 Å². The highest BCUT2D eigenvalue weighted by Crippen LogP contribution is 2.38. The minimum atomic E-state index is 0.131. The van der Waals surface area contributed by atoms with Gasteiger partial charge in [-0.1, -0.05) is 31.8 Å². The van der Waals surface area contributed by atoms with Gasteiger partial charge in [-0.3, -0.25) is 4.79 Å². The number of hydrogen-bond acceptors (Lipinski definition) is 3. The second kappa shape index (κ2) is 6.82. The third kappa shape index (κ3) is 3.60. The van der Waals surface area contributed by atoms with Crippen LogP contribution in [0.15, 0.2) is 4.52 Å². The number of nitrogens with zero attached hydrogens (tertiary/aromatic N) is 2. The van der Waals surface area contributed by atoms with E-state index in [-0.39, 0.29) is 11.1 Å². The predicted molar refractivity (Wildman–Crippen MR) is 83.4 cm³/mol. The Balaban J connectivity index is 2.01. The van der Waals surface area contributed by atoms with Gasteiger partial charge in [-0.25, -0.2) is 0 Å². The van der Waals surface area contributed by atoms with E-state index in [4.69, 9.17) is 16.1 Å². The van der Waals surface area contributed by atoms with E-state index in [0.29, 0.717) is 17.5 Å². The molecule has 0 bridgehead atoms. The third-order valence-corrected chi connectivity index (χ3v) is 5.46. The molecule has 0 N–H and O–H groups in total. The molecular formula is C16H25ClN2O2. The summed E-state index contributed by atoms with van der Waals surface area (Å²) in [7, 11) is 0. The Bertz CT molecular complexity index is 475. The molecule has 0 unspecified atom stereocenters. The largest absolute Gasteiger partial charge is 0.344 e. The van der Waals surface area contributed by atoms with E-state index in [0.717, 1.165) is 31.5 Å². The Hall–Kier alpha value is -1.03. The van der Waals surface area contributed by atoms with Crippen molar-refractivity contribution in [3.05, 3.63) is 16.5 Å². The summed E-state index contributed by atoms with van der Waals surface area (Å²) in [6.07, 6.45) is 6.09. The lowest BCUT2D eigenvalue weighted by molar-refractivity contribution is -0.130. The Morgan fingerprint density at radius 3 is 2.62 bits per heavy atom. The van der Waals surface area contributed by atoms with Crippen LogP contribution in [0, 0.1) is 12.3 Å². The minimum absolute atomic E-state index is 0.131. The summed E-state index contributed by atoms with van der Waals surface area (Å²) in [6.45, 7) is 8.05. The summed E-state index contributed by atoms with van der Waals surface area (Å²) < 4.78 is 4.92. The fraction of sp³-hybridized carbons (Fsp3) is 0.750. The first-order valence-corrected chi connectivity index (χ1v) is 8.27. The maximum absolute atomic E-state index is 12.5. The lowest BCUT2D eigenvalue weighted by Crippen LogP contribution is -2.34. The first-order valence-electron chi connectivity index (χ1n) is 7.90. The standard InChI is InChI=1S/C16H25ClN2O2/c1-4-16(5-2)7-6-9-19(10-8-16)14(20)11-13-12(3)18-21-15(13)17/h4-11H2,1-3H3. The summed E-state index contributed by atoms with van der Waals surface area (Å²) in [5.74, 6) is 0.131. The average Bonchev–Trinajstić information content (AvgIpc) is 2.72. The van der Waals surface area contributed by atoms with Gasteiger partial charge < -0.3 is 9.42 Å². The van der Waals surface area contributed by atoms with Crippen LogP contribution in [0.3, 0.4) is 0 Å². The van der Waals surface area contributed by atoms with Crippen LogP contribution in [-0.4, -0.2) is 29.1 Å². The van der Waals surface area contributed by atoms with Crippen LogP contribution in [0.25, 0.3) is 0 Å². The van der Waals surface area contributed by atoms with Gasteiger partial charge in [0.05, 0.1) is 12.1 Å². The number of hydrogen-bond donors (Lipinski definition) is 0. The molecule has 1 saturated heterocycles. The smallest absolute Gasteiger partial charge is 0.229 e. The van der Waals surface area contributed by atoms with E-state index in [1.54, 1.807) is 0 Å². The Labute approximate surface area is 131 Å². The van der Waals surface area contributed by atoms with E-state index in [2.05, 4.69) is 19.0 Å². The molecule has 0 saturated carbocycles. The second-order valence-corrected chi connectivity index (χ2v) is 6.48. The molecule has 1 aliphatic heterocycles. The fourth-order valence-corrected chi connectivity index (χ4v) is 3.52. The SMILES string of the molecule is CCC1(CC)CCCN(C(=O)Cc2c(C)noc2Cl)CC1. The summed E-state index contributed by atoms with van der Waals surface area (Å²) in [5, 5.41) is 4.05. The maximum Gasteiger partial charge on any atom is 0.229 e. The number of aromatic nitrogens is 1. The van der Waals surface area contributed by atoms with Gasteiger partial charge in [0, 0.05) is 18.7 Å². The van der Waals surface area contributed by atoms with Gasteiger partial charge in [-0.05, 0) is 43.2 Å². The summed E-state index contributed by atoms with van der Waals surface area (Å²) in [5.41, 5.74) is 1.85. The molecule has 118 valence electrons. The van der Waals surface area contributed by atoms with Crippen molar-refractivity contribution in [2.45, 2.75) is 59.3 Å². The molecule has 0 radical (unpaired) electrons. The van der Waals surface area contributed by atoms with Crippen LogP contribution in [0.1, 0.15) is 57.2 Å². The van der Waals surface area contributed by atoms with E-state index in [9.17, 15) is 4.79 Å². The fourth-order valence-electron chi connectivity index (χ4n) is 3.28. The zero-order valence-electron chi connectivity index (χ0n) is 13.2. The molecule has 0 atom stereocenters. The number of halogens is 1. The molecule has 0 aliphatic carbocycles. The predicted octanol–water partition coefficient (Wildman–Crippen LogP) is 4.00. The maximum atomic E-state index is 12.5. The van der Waals surface area contributed by atoms with E-state index in [1.165, 1.54) is 19.3 Å². The van der Waals surface area contributed by atoms with Gasteiger partial charge >= 0.3 is 0 Å². The van der Waals surface area contributed by atoms with Crippen LogP contribution >= 0.6 is 11.6 Å². The van der Waals surface area contributed by atoms with E-state index >= 15 is 0 Å². The lowest BCUT2D eigenvalue weighted by atomic mass is 9.76. The van der Waals surface area contributed by atoms with Crippen molar-refractivity contribution in [3.63, 3.8) is 0 Å². The van der Waals surface area contributed by atoms with Crippen LogP contribution < -0.4 is 0 Å². The lowest BCUT2D eigenvalue weighted by Gasteiger charge is -2.30. The van der Waals surface area contributed by atoms with Crippen LogP contribution in [-0.2, 0) is 11.2 Å². The van der Waals surface area contributed by atoms with Gasteiger partial charge in [0.2, 0.25) is 11.1 Å². The second-order valence-electron chi connectivity index (χ2n) is 6.14. The highest BCUT2D eigenvalue weighted by atomic mass is 35.5. The third-order valence-electron chi connectivity index (χ3n) is 5.16. The molecule has 2 heterocycles. The highest BCUT2D eigenvalue weighted by molar-refractivity contribution is 6.29. The number of aryl methyl sites for hydroxylation is 1. The number of amides is 1. The van der Waals surface area contributed by atoms with E-state index in [1.807, 2.05) is 11.8 Å². The Morgan fingerprint density at radius 1 is 1.33 bits per heavy atom. The van der Waals surface area contributed by atoms with Crippen molar-refractivity contribution in [2.24, 2.45) is 5.41 Å². The van der Waals surface area contributed by atoms with Gasteiger partial charge in [0.1, 0.15) is 0 Å². The molecule has 2 rings (SSSR count). The average molecular weight is 313 g/mol. The number of carbonyl (C=O) groups is 1. The van der Waals surface area contributed by atoms with Gasteiger partial charge in [0.25, 0.3) is 0 Å². The van der Waals surface area contributed by atoms with Crippen molar-refractivity contribution in [1.29, 1.82) is 0 Å². The number of likely N-dealkylation sites (tertiary alicyclic amines) is 1. The topological polar surface area (TPSA) is 46.3 Å². The molecule has 1 amide bonds. The molecule has 0 aromatic carbocycles. The normalized spacial score (nSPS) is 18.6. The molecule has 4 nitrogen and oxygen atoms in total. The molecule has 1 aliphatic rings. The van der Waals surface area contributed by atoms with Crippen molar-refractivity contribution in [1.82, 2.24) is 10.1 Å². The summed E-state index contributed by atoms with van der Waals surface area (Å²) in [4.78, 5) is 14.5. The van der Waals surface area contributed by atoms with Crippen molar-refractivity contribution in [2.75, 3.05) is 13.1 Å². The zero-order valence-corrected chi connectivity index (χ0v) is 14.0. The number of rotatable bonds is 4. The van der Waals surface area contributed by atoms with Crippen molar-refractivity contribution in [3.8, 4) is 0 Å². The number of carbonyl (C=O) groups excluding carboxylic acids is 1. The zero-order chi connectivity index (χ0) is 15.5. The van der Waals surface area contributed by atoms with Gasteiger partial charge in [-0.15, -0.1) is 0 Å². The molecule has 1 aromatic rings. The Kier molecular flexibility index (Phi) is 5.31. The van der Waals surface area contributed by atoms with Gasteiger partial charge in [-0.2, -0.15) is 0 Å². The van der Waals surface area contributed by atoms with Gasteiger partial charge in [0.15, 0.2) is 0 Å². The monoisotopic (exact) mass is 312 g/mol. The van der Waals surface area contributed by atoms with Crippen LogP contribution in [0.4, 0.5) is 0 Å². The summed E-state index contributed by atoms with van der Waals surface area (Å²) >= 11 is 5.95. The Morgan fingerprint density at radius 2 is 2.05 bits per heavy atom. The van der Waals surface area contributed by atoms with Crippen molar-refractivity contribution >= 4 is 17.5 Å². The molecule has 5 heteroatoms. The molecule has 1 aromatic heterocycles. The highest BCUT2D eigenvalue weighted by Gasteiger charge is 2.31. The summed E-state index contributed by atoms with van der Waals surface area (Å²) in [6, 6.07) is 0. The molecule has 1 fully saturated rings.